The summed E-state index contributed by atoms with van der Waals surface area (Å²) in [6.45, 7) is 5.05. The molecule has 0 spiro atoms. The summed E-state index contributed by atoms with van der Waals surface area (Å²) >= 11 is 1.72. The number of hydrogen-bond donors (Lipinski definition) is 1. The maximum absolute atomic E-state index is 5.45. The average molecular weight is 306 g/mol. The van der Waals surface area contributed by atoms with Gasteiger partial charge in [0, 0.05) is 41.7 Å². The Morgan fingerprint density at radius 3 is 2.71 bits per heavy atom. The molecule has 2 aromatic rings. The lowest BCUT2D eigenvalue weighted by atomic mass is 10.1. The van der Waals surface area contributed by atoms with Crippen LogP contribution < -0.4 is 14.8 Å². The average Bonchev–Trinajstić information content (AvgIpc) is 2.91. The molecule has 2 rings (SSSR count). The number of thiazole rings is 1. The molecule has 0 bridgehead atoms. The van der Waals surface area contributed by atoms with Crippen LogP contribution in [-0.2, 0) is 6.42 Å². The van der Waals surface area contributed by atoms with Crippen LogP contribution in [0.3, 0.4) is 0 Å². The van der Waals surface area contributed by atoms with Gasteiger partial charge in [-0.25, -0.2) is 4.98 Å². The number of benzene rings is 1. The van der Waals surface area contributed by atoms with Crippen LogP contribution in [0.1, 0.15) is 29.2 Å². The number of nitrogens with one attached hydrogen (secondary N) is 1. The summed E-state index contributed by atoms with van der Waals surface area (Å²) in [7, 11) is 3.34. The van der Waals surface area contributed by atoms with Crippen molar-refractivity contribution in [3.8, 4) is 11.5 Å². The van der Waals surface area contributed by atoms with E-state index in [1.54, 1.807) is 25.6 Å². The third kappa shape index (κ3) is 4.19. The topological polar surface area (TPSA) is 43.4 Å². The van der Waals surface area contributed by atoms with E-state index in [2.05, 4.69) is 22.6 Å². The van der Waals surface area contributed by atoms with Crippen LogP contribution in [0, 0.1) is 6.92 Å². The van der Waals surface area contributed by atoms with Crippen molar-refractivity contribution in [3.05, 3.63) is 39.8 Å². The van der Waals surface area contributed by atoms with E-state index in [0.29, 0.717) is 0 Å². The highest BCUT2D eigenvalue weighted by Crippen LogP contribution is 2.29. The van der Waals surface area contributed by atoms with E-state index in [9.17, 15) is 0 Å². The predicted octanol–water partition coefficient (Wildman–Crippen LogP) is 3.36. The lowest BCUT2D eigenvalue weighted by Crippen LogP contribution is -2.21. The van der Waals surface area contributed by atoms with Gasteiger partial charge < -0.3 is 14.8 Å². The van der Waals surface area contributed by atoms with Gasteiger partial charge in [0.15, 0.2) is 0 Å². The van der Waals surface area contributed by atoms with Crippen LogP contribution >= 0.6 is 11.3 Å². The van der Waals surface area contributed by atoms with Crippen molar-refractivity contribution in [2.45, 2.75) is 26.3 Å². The smallest absolute Gasteiger partial charge is 0.127 e. The van der Waals surface area contributed by atoms with Crippen LogP contribution in [0.15, 0.2) is 23.6 Å². The fourth-order valence-electron chi connectivity index (χ4n) is 2.20. The Hall–Kier alpha value is -1.59. The normalized spacial score (nSPS) is 12.2. The molecule has 0 fully saturated rings. The molecule has 21 heavy (non-hydrogen) atoms. The van der Waals surface area contributed by atoms with Gasteiger partial charge in [-0.3, -0.25) is 0 Å². The van der Waals surface area contributed by atoms with E-state index < -0.39 is 0 Å². The van der Waals surface area contributed by atoms with Crippen LogP contribution in [-0.4, -0.2) is 25.7 Å². The first kappa shape index (κ1) is 15.8. The molecule has 114 valence electrons. The second-order valence-electron chi connectivity index (χ2n) is 4.92. The van der Waals surface area contributed by atoms with E-state index >= 15 is 0 Å². The fraction of sp³-hybridized carbons (Fsp3) is 0.438. The first-order chi connectivity index (χ1) is 10.1. The molecule has 0 radical (unpaired) electrons. The SMILES string of the molecule is COc1ccc(C(C)NCCc2nc(C)cs2)c(OC)c1. The molecule has 1 unspecified atom stereocenters. The van der Waals surface area contributed by atoms with Crippen LogP contribution in [0.4, 0.5) is 0 Å². The Morgan fingerprint density at radius 1 is 1.29 bits per heavy atom. The zero-order chi connectivity index (χ0) is 15.2. The molecular formula is C16H22N2O2S. The second-order valence-corrected chi connectivity index (χ2v) is 5.86. The standard InChI is InChI=1S/C16H22N2O2S/c1-11-10-21-16(18-11)7-8-17-12(2)14-6-5-13(19-3)9-15(14)20-4/h5-6,9-10,12,17H,7-8H2,1-4H3. The lowest BCUT2D eigenvalue weighted by molar-refractivity contribution is 0.386. The van der Waals surface area contributed by atoms with Gasteiger partial charge in [-0.1, -0.05) is 6.07 Å². The fourth-order valence-corrected chi connectivity index (χ4v) is 2.98. The Balaban J connectivity index is 1.94. The predicted molar refractivity (Wildman–Crippen MR) is 86.5 cm³/mol. The number of rotatable bonds is 7. The van der Waals surface area contributed by atoms with E-state index in [0.717, 1.165) is 35.7 Å². The monoisotopic (exact) mass is 306 g/mol. The molecule has 0 saturated heterocycles. The van der Waals surface area contributed by atoms with E-state index in [4.69, 9.17) is 9.47 Å². The Bertz CT molecular complexity index is 583. The number of ether oxygens (including phenoxy) is 2. The summed E-state index contributed by atoms with van der Waals surface area (Å²) in [5, 5.41) is 6.78. The number of hydrogen-bond acceptors (Lipinski definition) is 5. The zero-order valence-corrected chi connectivity index (χ0v) is 13.8. The third-order valence-corrected chi connectivity index (χ3v) is 4.39. The summed E-state index contributed by atoms with van der Waals surface area (Å²) in [6.07, 6.45) is 0.946. The zero-order valence-electron chi connectivity index (χ0n) is 13.0. The Morgan fingerprint density at radius 2 is 2.10 bits per heavy atom. The van der Waals surface area contributed by atoms with Gasteiger partial charge in [0.05, 0.1) is 19.2 Å². The number of aryl methyl sites for hydroxylation is 1. The highest BCUT2D eigenvalue weighted by Gasteiger charge is 2.12. The van der Waals surface area contributed by atoms with Gasteiger partial charge >= 0.3 is 0 Å². The first-order valence-corrected chi connectivity index (χ1v) is 7.88. The van der Waals surface area contributed by atoms with Gasteiger partial charge in [-0.05, 0) is 19.9 Å². The van der Waals surface area contributed by atoms with Gasteiger partial charge in [0.2, 0.25) is 0 Å². The molecule has 1 N–H and O–H groups in total. The summed E-state index contributed by atoms with van der Waals surface area (Å²) < 4.78 is 10.7. The summed E-state index contributed by atoms with van der Waals surface area (Å²) in [6, 6.07) is 6.13. The molecule has 4 nitrogen and oxygen atoms in total. The van der Waals surface area contributed by atoms with E-state index in [1.807, 2.05) is 25.1 Å². The van der Waals surface area contributed by atoms with Crippen LogP contribution in [0.25, 0.3) is 0 Å². The highest BCUT2D eigenvalue weighted by molar-refractivity contribution is 7.09. The molecule has 0 aliphatic carbocycles. The molecule has 5 heteroatoms. The minimum absolute atomic E-state index is 0.215. The van der Waals surface area contributed by atoms with Gasteiger partial charge in [-0.15, -0.1) is 11.3 Å². The summed E-state index contributed by atoms with van der Waals surface area (Å²) in [5.74, 6) is 1.65. The summed E-state index contributed by atoms with van der Waals surface area (Å²) in [4.78, 5) is 4.47. The molecule has 0 amide bonds. The summed E-state index contributed by atoms with van der Waals surface area (Å²) in [5.41, 5.74) is 2.23. The molecule has 0 aliphatic heterocycles. The maximum atomic E-state index is 5.45. The van der Waals surface area contributed by atoms with Crippen molar-refractivity contribution in [2.75, 3.05) is 20.8 Å². The van der Waals surface area contributed by atoms with Crippen molar-refractivity contribution in [3.63, 3.8) is 0 Å². The largest absolute Gasteiger partial charge is 0.497 e. The van der Waals surface area contributed by atoms with Crippen LogP contribution in [0.5, 0.6) is 11.5 Å². The van der Waals surface area contributed by atoms with Crippen molar-refractivity contribution >= 4 is 11.3 Å². The number of methoxy groups -OCH3 is 2. The molecule has 0 aliphatic rings. The molecule has 1 aromatic carbocycles. The molecule has 1 atom stereocenters. The maximum Gasteiger partial charge on any atom is 0.127 e. The first-order valence-electron chi connectivity index (χ1n) is 7.00. The highest BCUT2D eigenvalue weighted by atomic mass is 32.1. The third-order valence-electron chi connectivity index (χ3n) is 3.36. The van der Waals surface area contributed by atoms with Crippen molar-refractivity contribution in [1.82, 2.24) is 10.3 Å². The Kier molecular flexibility index (Phi) is 5.59. The molecule has 1 heterocycles. The van der Waals surface area contributed by atoms with Gasteiger partial charge in [0.1, 0.15) is 11.5 Å². The van der Waals surface area contributed by atoms with Gasteiger partial charge in [-0.2, -0.15) is 0 Å². The van der Waals surface area contributed by atoms with E-state index in [-0.39, 0.29) is 6.04 Å². The molecule has 1 aromatic heterocycles. The lowest BCUT2D eigenvalue weighted by Gasteiger charge is -2.17. The van der Waals surface area contributed by atoms with E-state index in [1.165, 1.54) is 5.01 Å². The van der Waals surface area contributed by atoms with Crippen molar-refractivity contribution < 1.29 is 9.47 Å². The number of aromatic nitrogens is 1. The van der Waals surface area contributed by atoms with Crippen molar-refractivity contribution in [1.29, 1.82) is 0 Å². The number of nitrogens with zero attached hydrogens (tertiary/aromatic N) is 1. The van der Waals surface area contributed by atoms with Gasteiger partial charge in [0.25, 0.3) is 0 Å². The second kappa shape index (κ2) is 7.43. The quantitative estimate of drug-likeness (QED) is 0.852. The minimum Gasteiger partial charge on any atom is -0.497 e. The Labute approximate surface area is 130 Å². The molecule has 0 saturated carbocycles. The van der Waals surface area contributed by atoms with Crippen molar-refractivity contribution in [2.24, 2.45) is 0 Å². The molecular weight excluding hydrogens is 284 g/mol. The minimum atomic E-state index is 0.215. The van der Waals surface area contributed by atoms with Crippen LogP contribution in [0.2, 0.25) is 0 Å².